The van der Waals surface area contributed by atoms with E-state index in [1.165, 1.54) is 24.3 Å². The van der Waals surface area contributed by atoms with Gasteiger partial charge in [0.2, 0.25) is 0 Å². The zero-order valence-corrected chi connectivity index (χ0v) is 11.4. The third-order valence-corrected chi connectivity index (χ3v) is 5.01. The molecule has 0 saturated heterocycles. The molecule has 0 aromatic carbocycles. The summed E-state index contributed by atoms with van der Waals surface area (Å²) in [6.07, 6.45) is 19.2. The lowest BCUT2D eigenvalue weighted by atomic mass is 10.3. The van der Waals surface area contributed by atoms with Crippen molar-refractivity contribution in [1.82, 2.24) is 0 Å². The van der Waals surface area contributed by atoms with E-state index in [1.807, 2.05) is 6.08 Å². The first-order valence-corrected chi connectivity index (χ1v) is 8.52. The molecule has 0 saturated carbocycles. The van der Waals surface area contributed by atoms with Crippen LogP contribution >= 0.6 is 10.0 Å². The Bertz CT molecular complexity index is 211. The molecule has 0 aromatic rings. The maximum atomic E-state index is 3.78. The molecule has 0 heterocycles. The van der Waals surface area contributed by atoms with Gasteiger partial charge in [0, 0.05) is 0 Å². The van der Waals surface area contributed by atoms with E-state index in [4.69, 9.17) is 0 Å². The summed E-state index contributed by atoms with van der Waals surface area (Å²) in [6, 6.07) is 0. The van der Waals surface area contributed by atoms with E-state index < -0.39 is 0 Å². The second-order valence-electron chi connectivity index (χ2n) is 4.31. The van der Waals surface area contributed by atoms with E-state index >= 15 is 0 Å². The van der Waals surface area contributed by atoms with Gasteiger partial charge in [0.15, 0.2) is 0 Å². The zero-order chi connectivity index (χ0) is 11.6. The van der Waals surface area contributed by atoms with Crippen LogP contribution in [-0.4, -0.2) is 24.0 Å². The average molecular weight is 226 g/mol. The standard InChI is InChI=1S/C14H26S/c1-5-7-9-10-11-12-14-15(3,4)13-8-6-2/h6-7,9-11H,2,5,8,12-14H2,1,3-4H3/b9-7-,11-10-. The van der Waals surface area contributed by atoms with E-state index in [0.717, 1.165) is 6.42 Å². The first kappa shape index (κ1) is 14.6. The van der Waals surface area contributed by atoms with Crippen LogP contribution in [0.25, 0.3) is 0 Å². The van der Waals surface area contributed by atoms with Crippen molar-refractivity contribution in [3.05, 3.63) is 37.0 Å². The molecule has 0 fully saturated rings. The van der Waals surface area contributed by atoms with Gasteiger partial charge in [0.25, 0.3) is 0 Å². The van der Waals surface area contributed by atoms with E-state index in [9.17, 15) is 0 Å². The minimum atomic E-state index is -0.383. The molecule has 0 amide bonds. The van der Waals surface area contributed by atoms with Gasteiger partial charge in [-0.05, 0) is 43.3 Å². The van der Waals surface area contributed by atoms with E-state index in [0.29, 0.717) is 0 Å². The van der Waals surface area contributed by atoms with Crippen molar-refractivity contribution in [3.8, 4) is 0 Å². The zero-order valence-electron chi connectivity index (χ0n) is 10.5. The predicted molar refractivity (Wildman–Crippen MR) is 77.2 cm³/mol. The molecule has 0 aromatic heterocycles. The van der Waals surface area contributed by atoms with Gasteiger partial charge in [-0.1, -0.05) is 37.3 Å². The SMILES string of the molecule is C=CCCS(C)(C)CC/C=C\C=C/CC. The van der Waals surface area contributed by atoms with Crippen LogP contribution in [0.2, 0.25) is 0 Å². The Hall–Kier alpha value is -0.430. The van der Waals surface area contributed by atoms with Crippen molar-refractivity contribution in [2.75, 3.05) is 24.0 Å². The highest BCUT2D eigenvalue weighted by molar-refractivity contribution is 8.32. The molecule has 0 nitrogen and oxygen atoms in total. The van der Waals surface area contributed by atoms with Gasteiger partial charge in [-0.25, -0.2) is 10.0 Å². The molecule has 0 unspecified atom stereocenters. The molecule has 15 heavy (non-hydrogen) atoms. The van der Waals surface area contributed by atoms with Crippen LogP contribution in [0.5, 0.6) is 0 Å². The molecular weight excluding hydrogens is 200 g/mol. The van der Waals surface area contributed by atoms with E-state index in [2.05, 4.69) is 50.3 Å². The molecule has 88 valence electrons. The highest BCUT2D eigenvalue weighted by atomic mass is 32.3. The molecule has 0 N–H and O–H groups in total. The molecule has 0 atom stereocenters. The number of hydrogen-bond donors (Lipinski definition) is 0. The number of hydrogen-bond acceptors (Lipinski definition) is 0. The van der Waals surface area contributed by atoms with Crippen LogP contribution in [0.4, 0.5) is 0 Å². The minimum Gasteiger partial charge on any atom is -0.246 e. The summed E-state index contributed by atoms with van der Waals surface area (Å²) in [6.45, 7) is 5.94. The fraction of sp³-hybridized carbons (Fsp3) is 0.571. The second-order valence-corrected chi connectivity index (χ2v) is 8.66. The highest BCUT2D eigenvalue weighted by Gasteiger charge is 2.08. The Balaban J connectivity index is 3.68. The van der Waals surface area contributed by atoms with Gasteiger partial charge >= 0.3 is 0 Å². The lowest BCUT2D eigenvalue weighted by Gasteiger charge is -2.30. The first-order chi connectivity index (χ1) is 7.12. The topological polar surface area (TPSA) is 0 Å². The lowest BCUT2D eigenvalue weighted by Crippen LogP contribution is -2.04. The Kier molecular flexibility index (Phi) is 8.59. The van der Waals surface area contributed by atoms with Crippen molar-refractivity contribution in [1.29, 1.82) is 0 Å². The summed E-state index contributed by atoms with van der Waals surface area (Å²) in [5.74, 6) is 2.67. The fourth-order valence-corrected chi connectivity index (χ4v) is 3.06. The smallest absolute Gasteiger partial charge is 0.0198 e. The summed E-state index contributed by atoms with van der Waals surface area (Å²) >= 11 is 0. The van der Waals surface area contributed by atoms with Crippen molar-refractivity contribution in [2.24, 2.45) is 0 Å². The summed E-state index contributed by atoms with van der Waals surface area (Å²) in [4.78, 5) is 0. The van der Waals surface area contributed by atoms with Gasteiger partial charge in [0.05, 0.1) is 0 Å². The molecular formula is C14H26S. The van der Waals surface area contributed by atoms with Crippen LogP contribution in [0, 0.1) is 0 Å². The summed E-state index contributed by atoms with van der Waals surface area (Å²) in [5.41, 5.74) is 0. The van der Waals surface area contributed by atoms with Crippen LogP contribution in [0.15, 0.2) is 37.0 Å². The van der Waals surface area contributed by atoms with Gasteiger partial charge in [-0.2, -0.15) is 0 Å². The summed E-state index contributed by atoms with van der Waals surface area (Å²) in [7, 11) is -0.383. The predicted octanol–water partition coefficient (Wildman–Crippen LogP) is 4.54. The fourth-order valence-electron chi connectivity index (χ4n) is 1.28. The lowest BCUT2D eigenvalue weighted by molar-refractivity contribution is 1.18. The molecule has 0 aliphatic rings. The molecule has 0 aliphatic carbocycles. The highest BCUT2D eigenvalue weighted by Crippen LogP contribution is 2.40. The molecule has 0 radical (unpaired) electrons. The van der Waals surface area contributed by atoms with Crippen molar-refractivity contribution in [3.63, 3.8) is 0 Å². The first-order valence-electron chi connectivity index (χ1n) is 5.73. The molecule has 0 spiro atoms. The van der Waals surface area contributed by atoms with E-state index in [1.54, 1.807) is 0 Å². The number of allylic oxidation sites excluding steroid dienone is 5. The maximum Gasteiger partial charge on any atom is -0.0198 e. The van der Waals surface area contributed by atoms with Crippen molar-refractivity contribution in [2.45, 2.75) is 26.2 Å². The van der Waals surface area contributed by atoms with Gasteiger partial charge in [0.1, 0.15) is 0 Å². The van der Waals surface area contributed by atoms with Crippen LogP contribution in [-0.2, 0) is 0 Å². The Morgan fingerprint density at radius 2 is 1.60 bits per heavy atom. The van der Waals surface area contributed by atoms with Crippen molar-refractivity contribution >= 4 is 10.0 Å². The molecule has 0 bridgehead atoms. The third-order valence-electron chi connectivity index (χ3n) is 2.33. The number of rotatable bonds is 8. The molecule has 0 aliphatic heterocycles. The normalized spacial score (nSPS) is 13.8. The average Bonchev–Trinajstić information content (AvgIpc) is 2.20. The van der Waals surface area contributed by atoms with Crippen molar-refractivity contribution < 1.29 is 0 Å². The second kappa shape index (κ2) is 8.84. The van der Waals surface area contributed by atoms with Crippen LogP contribution in [0.3, 0.4) is 0 Å². The minimum absolute atomic E-state index is 0.383. The largest absolute Gasteiger partial charge is 0.246 e. The Morgan fingerprint density at radius 1 is 1.00 bits per heavy atom. The Morgan fingerprint density at radius 3 is 2.20 bits per heavy atom. The summed E-state index contributed by atoms with van der Waals surface area (Å²) in [5, 5.41) is 0. The van der Waals surface area contributed by atoms with Crippen LogP contribution < -0.4 is 0 Å². The molecule has 0 rings (SSSR count). The monoisotopic (exact) mass is 226 g/mol. The summed E-state index contributed by atoms with van der Waals surface area (Å²) < 4.78 is 0. The third kappa shape index (κ3) is 9.86. The van der Waals surface area contributed by atoms with Gasteiger partial charge in [-0.3, -0.25) is 0 Å². The van der Waals surface area contributed by atoms with Gasteiger partial charge in [-0.15, -0.1) is 6.58 Å². The maximum absolute atomic E-state index is 3.78. The quantitative estimate of drug-likeness (QED) is 0.421. The Labute approximate surface area is 97.5 Å². The molecule has 1 heteroatoms. The van der Waals surface area contributed by atoms with E-state index in [-0.39, 0.29) is 10.0 Å². The van der Waals surface area contributed by atoms with Gasteiger partial charge < -0.3 is 0 Å². The van der Waals surface area contributed by atoms with Crippen LogP contribution in [0.1, 0.15) is 26.2 Å².